The maximum Gasteiger partial charge on any atom is 0.282 e. The molecule has 0 saturated carbocycles. The first-order chi connectivity index (χ1) is 17.6. The average Bonchev–Trinajstić information content (AvgIpc) is 2.87. The van der Waals surface area contributed by atoms with Crippen LogP contribution in [-0.4, -0.2) is 30.1 Å². The molecule has 4 rings (SSSR count). The minimum Gasteiger partial charge on any atom is -0.493 e. The lowest BCUT2D eigenvalue weighted by atomic mass is 9.95. The van der Waals surface area contributed by atoms with Crippen molar-refractivity contribution < 1.29 is 14.2 Å². The quantitative estimate of drug-likeness (QED) is 0.229. The van der Waals surface area contributed by atoms with Crippen molar-refractivity contribution in [3.05, 3.63) is 91.4 Å². The molecule has 4 aromatic rings. The Kier molecular flexibility index (Phi) is 7.90. The Morgan fingerprint density at radius 2 is 1.68 bits per heavy atom. The van der Waals surface area contributed by atoms with Crippen LogP contribution in [0.2, 0.25) is 5.02 Å². The molecular formula is C28H27BrClN3O4. The van der Waals surface area contributed by atoms with E-state index in [1.165, 1.54) is 4.68 Å². The molecule has 0 fully saturated rings. The lowest BCUT2D eigenvalue weighted by Gasteiger charge is -2.21. The van der Waals surface area contributed by atoms with E-state index in [2.05, 4.69) is 21.0 Å². The van der Waals surface area contributed by atoms with Crippen LogP contribution >= 0.6 is 27.5 Å². The number of nitrogens with zero attached hydrogens (tertiary/aromatic N) is 3. The van der Waals surface area contributed by atoms with E-state index in [0.29, 0.717) is 51.2 Å². The zero-order chi connectivity index (χ0) is 26.7. The number of methoxy groups -OCH3 is 2. The van der Waals surface area contributed by atoms with Crippen LogP contribution in [0.3, 0.4) is 0 Å². The zero-order valence-electron chi connectivity index (χ0n) is 21.2. The van der Waals surface area contributed by atoms with Crippen LogP contribution in [0.4, 0.5) is 0 Å². The summed E-state index contributed by atoms with van der Waals surface area (Å²) in [6, 6.07) is 16.4. The molecule has 0 atom stereocenters. The van der Waals surface area contributed by atoms with Gasteiger partial charge < -0.3 is 14.2 Å². The highest BCUT2D eigenvalue weighted by Crippen LogP contribution is 2.39. The molecule has 0 aliphatic rings. The van der Waals surface area contributed by atoms with Crippen molar-refractivity contribution in [2.24, 2.45) is 5.10 Å². The van der Waals surface area contributed by atoms with Crippen molar-refractivity contribution in [2.45, 2.75) is 32.8 Å². The van der Waals surface area contributed by atoms with Crippen LogP contribution < -0.4 is 19.8 Å². The fraction of sp³-hybridized carbons (Fsp3) is 0.250. The van der Waals surface area contributed by atoms with Gasteiger partial charge in [-0.05, 0) is 48.0 Å². The van der Waals surface area contributed by atoms with Gasteiger partial charge in [0.05, 0.1) is 31.3 Å². The summed E-state index contributed by atoms with van der Waals surface area (Å²) in [5.41, 5.74) is 1.55. The van der Waals surface area contributed by atoms with Gasteiger partial charge in [-0.1, -0.05) is 60.4 Å². The highest BCUT2D eigenvalue weighted by atomic mass is 79.9. The monoisotopic (exact) mass is 583 g/mol. The van der Waals surface area contributed by atoms with E-state index >= 15 is 0 Å². The second-order valence-electron chi connectivity index (χ2n) is 9.38. The fourth-order valence-corrected chi connectivity index (χ4v) is 4.21. The van der Waals surface area contributed by atoms with Gasteiger partial charge in [-0.2, -0.15) is 9.78 Å². The molecule has 9 heteroatoms. The Morgan fingerprint density at radius 1 is 1.03 bits per heavy atom. The first-order valence-electron chi connectivity index (χ1n) is 11.5. The Morgan fingerprint density at radius 3 is 2.27 bits per heavy atom. The Hall–Kier alpha value is -3.36. The molecule has 0 aliphatic heterocycles. The van der Waals surface area contributed by atoms with Crippen molar-refractivity contribution in [2.75, 3.05) is 14.2 Å². The smallest absolute Gasteiger partial charge is 0.282 e. The van der Waals surface area contributed by atoms with Crippen molar-refractivity contribution in [3.8, 4) is 17.2 Å². The third kappa shape index (κ3) is 5.97. The average molecular weight is 585 g/mol. The molecule has 7 nitrogen and oxygen atoms in total. The third-order valence-corrected chi connectivity index (χ3v) is 6.33. The molecule has 0 N–H and O–H groups in total. The maximum atomic E-state index is 13.4. The van der Waals surface area contributed by atoms with Crippen molar-refractivity contribution in [1.29, 1.82) is 0 Å². The van der Waals surface area contributed by atoms with E-state index in [1.807, 2.05) is 57.2 Å². The summed E-state index contributed by atoms with van der Waals surface area (Å²) in [4.78, 5) is 18.2. The normalized spacial score (nSPS) is 11.8. The number of fused-ring (bicyclic) bond motifs is 1. The SMILES string of the molecule is COc1cc(C=Nn2c(C(C)(C)C)nc3ccc(Br)cc3c2=O)cc(OC)c1OCc1ccc(Cl)cc1. The van der Waals surface area contributed by atoms with Gasteiger partial charge in [0.25, 0.3) is 5.56 Å². The first-order valence-corrected chi connectivity index (χ1v) is 12.7. The summed E-state index contributed by atoms with van der Waals surface area (Å²) in [7, 11) is 3.11. The van der Waals surface area contributed by atoms with Crippen molar-refractivity contribution >= 4 is 44.6 Å². The Labute approximate surface area is 228 Å². The molecular weight excluding hydrogens is 558 g/mol. The van der Waals surface area contributed by atoms with Gasteiger partial charge in [0.1, 0.15) is 12.4 Å². The van der Waals surface area contributed by atoms with Gasteiger partial charge in [-0.3, -0.25) is 4.79 Å². The van der Waals surface area contributed by atoms with Gasteiger partial charge in [-0.25, -0.2) is 4.98 Å². The molecule has 1 heterocycles. The molecule has 192 valence electrons. The Bertz CT molecular complexity index is 1500. The summed E-state index contributed by atoms with van der Waals surface area (Å²) >= 11 is 9.41. The Balaban J connectivity index is 1.74. The summed E-state index contributed by atoms with van der Waals surface area (Å²) in [6.45, 7) is 6.28. The molecule has 0 spiro atoms. The van der Waals surface area contributed by atoms with Gasteiger partial charge in [0.15, 0.2) is 11.5 Å². The van der Waals surface area contributed by atoms with E-state index in [-0.39, 0.29) is 5.56 Å². The number of aromatic nitrogens is 2. The van der Waals surface area contributed by atoms with Gasteiger partial charge in [0.2, 0.25) is 5.75 Å². The molecule has 0 saturated heterocycles. The number of hydrogen-bond donors (Lipinski definition) is 0. The van der Waals surface area contributed by atoms with Crippen LogP contribution in [0.5, 0.6) is 17.2 Å². The molecule has 0 unspecified atom stereocenters. The van der Waals surface area contributed by atoms with Gasteiger partial charge in [0, 0.05) is 20.5 Å². The lowest BCUT2D eigenvalue weighted by Crippen LogP contribution is -2.29. The van der Waals surface area contributed by atoms with E-state index in [0.717, 1.165) is 10.0 Å². The molecule has 37 heavy (non-hydrogen) atoms. The maximum absolute atomic E-state index is 13.4. The fourth-order valence-electron chi connectivity index (χ4n) is 3.72. The molecule has 0 bridgehead atoms. The number of rotatable bonds is 7. The van der Waals surface area contributed by atoms with Crippen molar-refractivity contribution in [1.82, 2.24) is 9.66 Å². The van der Waals surface area contributed by atoms with Crippen LogP contribution in [0.25, 0.3) is 10.9 Å². The molecule has 3 aromatic carbocycles. The first kappa shape index (κ1) is 26.7. The van der Waals surface area contributed by atoms with E-state index in [4.69, 9.17) is 30.8 Å². The predicted molar refractivity (Wildman–Crippen MR) is 151 cm³/mol. The highest BCUT2D eigenvalue weighted by molar-refractivity contribution is 9.10. The number of ether oxygens (including phenoxy) is 3. The minimum absolute atomic E-state index is 0.255. The summed E-state index contributed by atoms with van der Waals surface area (Å²) in [5.74, 6) is 1.95. The second kappa shape index (κ2) is 10.9. The zero-order valence-corrected chi connectivity index (χ0v) is 23.6. The van der Waals surface area contributed by atoms with Gasteiger partial charge in [-0.15, -0.1) is 0 Å². The van der Waals surface area contributed by atoms with Crippen LogP contribution in [-0.2, 0) is 12.0 Å². The number of benzene rings is 3. The number of hydrogen-bond acceptors (Lipinski definition) is 6. The lowest BCUT2D eigenvalue weighted by molar-refractivity contribution is 0.266. The molecule has 1 aromatic heterocycles. The summed E-state index contributed by atoms with van der Waals surface area (Å²) in [5, 5.41) is 5.67. The summed E-state index contributed by atoms with van der Waals surface area (Å²) in [6.07, 6.45) is 1.58. The van der Waals surface area contributed by atoms with E-state index < -0.39 is 5.41 Å². The largest absolute Gasteiger partial charge is 0.493 e. The standard InChI is InChI=1S/C28H27BrClN3O4/c1-28(2,3)27-32-22-11-8-19(29)14-21(22)26(34)33(27)31-15-18-12-23(35-4)25(24(13-18)36-5)37-16-17-6-9-20(30)10-7-17/h6-15H,16H2,1-5H3. The minimum atomic E-state index is -0.424. The van der Waals surface area contributed by atoms with Crippen molar-refractivity contribution in [3.63, 3.8) is 0 Å². The topological polar surface area (TPSA) is 74.9 Å². The molecule has 0 radical (unpaired) electrons. The van der Waals surface area contributed by atoms with Crippen LogP contribution in [0.1, 0.15) is 37.7 Å². The van der Waals surface area contributed by atoms with Crippen LogP contribution in [0, 0.1) is 0 Å². The predicted octanol–water partition coefficient (Wildman–Crippen LogP) is 6.59. The van der Waals surface area contributed by atoms with E-state index in [1.54, 1.807) is 38.6 Å². The van der Waals surface area contributed by atoms with Gasteiger partial charge >= 0.3 is 0 Å². The second-order valence-corrected chi connectivity index (χ2v) is 10.7. The van der Waals surface area contributed by atoms with E-state index in [9.17, 15) is 4.79 Å². The highest BCUT2D eigenvalue weighted by Gasteiger charge is 2.23. The summed E-state index contributed by atoms with van der Waals surface area (Å²) < 4.78 is 19.3. The third-order valence-electron chi connectivity index (χ3n) is 5.58. The number of halogens is 2. The van der Waals surface area contributed by atoms with Crippen LogP contribution in [0.15, 0.2) is 69.0 Å². The molecule has 0 aliphatic carbocycles. The molecule has 0 amide bonds.